The van der Waals surface area contributed by atoms with Gasteiger partial charge in [-0.2, -0.15) is 0 Å². The summed E-state index contributed by atoms with van der Waals surface area (Å²) in [5.41, 5.74) is 4.63. The molecule has 0 spiro atoms. The molecule has 8 heteroatoms. The van der Waals surface area contributed by atoms with Crippen molar-refractivity contribution in [2.75, 3.05) is 26.3 Å². The van der Waals surface area contributed by atoms with Crippen molar-refractivity contribution in [2.45, 2.75) is 13.1 Å². The number of ether oxygens (including phenoxy) is 1. The Morgan fingerprint density at radius 3 is 2.34 bits per heavy atom. The molecule has 2 aromatic carbocycles. The highest BCUT2D eigenvalue weighted by molar-refractivity contribution is 5.83. The van der Waals surface area contributed by atoms with Crippen LogP contribution in [0.1, 0.15) is 33.0 Å². The van der Waals surface area contributed by atoms with E-state index in [1.807, 2.05) is 24.3 Å². The number of carboxylic acids is 1. The number of morpholine rings is 1. The van der Waals surface area contributed by atoms with E-state index in [1.54, 1.807) is 12.3 Å². The predicted molar refractivity (Wildman–Crippen MR) is 129 cm³/mol. The number of hydrogen-bond donors (Lipinski definition) is 1. The van der Waals surface area contributed by atoms with Crippen molar-refractivity contribution in [1.82, 2.24) is 19.6 Å². The number of aromatic carboxylic acids is 1. The van der Waals surface area contributed by atoms with Crippen LogP contribution in [0.2, 0.25) is 0 Å². The summed E-state index contributed by atoms with van der Waals surface area (Å²) in [6.07, 6.45) is 3.05. The number of aromatic nitrogens is 3. The smallest absolute Gasteiger partial charge is 0.372 e. The summed E-state index contributed by atoms with van der Waals surface area (Å²) in [4.78, 5) is 17.5. The van der Waals surface area contributed by atoms with Crippen molar-refractivity contribution >= 4 is 5.97 Å². The Bertz CT molecular complexity index is 1350. The third-order valence-electron chi connectivity index (χ3n) is 5.78. The van der Waals surface area contributed by atoms with E-state index in [0.29, 0.717) is 11.5 Å². The highest BCUT2D eigenvalue weighted by atomic mass is 16.5. The van der Waals surface area contributed by atoms with Crippen LogP contribution in [0, 0.1) is 11.8 Å². The number of rotatable bonds is 6. The van der Waals surface area contributed by atoms with E-state index in [4.69, 9.17) is 9.26 Å². The summed E-state index contributed by atoms with van der Waals surface area (Å²) in [6.45, 7) is 4.76. The fraction of sp³-hybridized carbons (Fsp3) is 0.222. The molecule has 1 saturated heterocycles. The third kappa shape index (κ3) is 5.66. The molecule has 1 aliphatic heterocycles. The minimum Gasteiger partial charge on any atom is -0.475 e. The quantitative estimate of drug-likeness (QED) is 0.433. The molecule has 3 heterocycles. The third-order valence-corrected chi connectivity index (χ3v) is 5.78. The van der Waals surface area contributed by atoms with Crippen LogP contribution in [0.5, 0.6) is 0 Å². The van der Waals surface area contributed by atoms with Gasteiger partial charge in [-0.25, -0.2) is 9.78 Å². The van der Waals surface area contributed by atoms with E-state index in [2.05, 4.69) is 51.1 Å². The normalized spacial score (nSPS) is 13.8. The molecule has 0 radical (unpaired) electrons. The van der Waals surface area contributed by atoms with Crippen LogP contribution in [0.15, 0.2) is 71.5 Å². The van der Waals surface area contributed by atoms with E-state index in [-0.39, 0.29) is 12.4 Å². The van der Waals surface area contributed by atoms with Crippen molar-refractivity contribution in [3.05, 3.63) is 95.2 Å². The number of benzene rings is 2. The lowest BCUT2D eigenvalue weighted by atomic mass is 10.1. The Labute approximate surface area is 202 Å². The van der Waals surface area contributed by atoms with Crippen molar-refractivity contribution in [3.8, 4) is 23.2 Å². The summed E-state index contributed by atoms with van der Waals surface area (Å²) >= 11 is 0. The molecule has 0 atom stereocenters. The van der Waals surface area contributed by atoms with Gasteiger partial charge in [-0.15, -0.1) is 0 Å². The van der Waals surface area contributed by atoms with E-state index >= 15 is 0 Å². The van der Waals surface area contributed by atoms with E-state index in [0.717, 1.165) is 49.5 Å². The maximum Gasteiger partial charge on any atom is 0.372 e. The van der Waals surface area contributed by atoms with Gasteiger partial charge in [-0.3, -0.25) is 4.90 Å². The molecular formula is C27H24N4O4. The second-order valence-electron chi connectivity index (χ2n) is 8.28. The first kappa shape index (κ1) is 22.6. The van der Waals surface area contributed by atoms with Gasteiger partial charge >= 0.3 is 5.97 Å². The Hall–Kier alpha value is -4.19. The van der Waals surface area contributed by atoms with Gasteiger partial charge in [0.1, 0.15) is 5.69 Å². The average molecular weight is 469 g/mol. The van der Waals surface area contributed by atoms with E-state index in [1.165, 1.54) is 16.3 Å². The summed E-state index contributed by atoms with van der Waals surface area (Å²) in [5, 5.41) is 13.2. The number of carboxylic acid groups (broad SMARTS) is 1. The van der Waals surface area contributed by atoms with Gasteiger partial charge in [0.25, 0.3) is 0 Å². The first-order valence-corrected chi connectivity index (χ1v) is 11.4. The Balaban J connectivity index is 1.21. The molecule has 5 rings (SSSR count). The maximum atomic E-state index is 11.2. The molecule has 4 aromatic rings. The van der Waals surface area contributed by atoms with Gasteiger partial charge in [-0.1, -0.05) is 29.1 Å². The SMILES string of the molecule is O=C(O)c1nccn1Cc1cc(-c2ccc(C#Cc3ccc(CN4CCOCC4)cc3)cc2)on1. The number of imidazole rings is 1. The predicted octanol–water partition coefficient (Wildman–Crippen LogP) is 3.52. The molecule has 0 aliphatic carbocycles. The highest BCUT2D eigenvalue weighted by Gasteiger charge is 2.14. The van der Waals surface area contributed by atoms with Crippen molar-refractivity contribution in [2.24, 2.45) is 0 Å². The summed E-state index contributed by atoms with van der Waals surface area (Å²) in [6, 6.07) is 17.9. The summed E-state index contributed by atoms with van der Waals surface area (Å²) < 4.78 is 12.4. The molecule has 35 heavy (non-hydrogen) atoms. The summed E-state index contributed by atoms with van der Waals surface area (Å²) in [5.74, 6) is 5.90. The Morgan fingerprint density at radius 2 is 1.66 bits per heavy atom. The van der Waals surface area contributed by atoms with E-state index < -0.39 is 5.97 Å². The molecule has 0 bridgehead atoms. The van der Waals surface area contributed by atoms with Crippen molar-refractivity contribution in [1.29, 1.82) is 0 Å². The second-order valence-corrected chi connectivity index (χ2v) is 8.28. The van der Waals surface area contributed by atoms with Gasteiger partial charge in [0.15, 0.2) is 5.76 Å². The van der Waals surface area contributed by atoms with Crippen molar-refractivity contribution < 1.29 is 19.2 Å². The molecule has 2 aromatic heterocycles. The molecule has 0 unspecified atom stereocenters. The lowest BCUT2D eigenvalue weighted by Crippen LogP contribution is -2.35. The molecule has 1 N–H and O–H groups in total. The zero-order valence-electron chi connectivity index (χ0n) is 19.1. The van der Waals surface area contributed by atoms with Crippen LogP contribution < -0.4 is 0 Å². The van der Waals surface area contributed by atoms with Crippen LogP contribution in [0.4, 0.5) is 0 Å². The standard InChI is InChI=1S/C27H24N4O4/c32-27(33)26-28-11-12-31(26)19-24-17-25(35-29-24)23-9-7-21(8-10-23)2-1-20-3-5-22(6-4-20)18-30-13-15-34-16-14-30/h3-12,17H,13-16,18-19H2,(H,32,33). The van der Waals surface area contributed by atoms with Crippen LogP contribution in [0.25, 0.3) is 11.3 Å². The zero-order chi connectivity index (χ0) is 24.0. The first-order chi connectivity index (χ1) is 17.1. The van der Waals surface area contributed by atoms with Gasteiger partial charge in [0.05, 0.1) is 19.8 Å². The van der Waals surface area contributed by atoms with Crippen LogP contribution in [-0.2, 0) is 17.8 Å². The lowest BCUT2D eigenvalue weighted by Gasteiger charge is -2.26. The Morgan fingerprint density at radius 1 is 0.971 bits per heavy atom. The molecular weight excluding hydrogens is 444 g/mol. The van der Waals surface area contributed by atoms with Crippen molar-refractivity contribution in [3.63, 3.8) is 0 Å². The number of hydrogen-bond acceptors (Lipinski definition) is 6. The van der Waals surface area contributed by atoms with Crippen LogP contribution in [-0.4, -0.2) is 57.0 Å². The lowest BCUT2D eigenvalue weighted by molar-refractivity contribution is 0.0342. The fourth-order valence-electron chi connectivity index (χ4n) is 3.90. The molecule has 0 amide bonds. The average Bonchev–Trinajstić information content (AvgIpc) is 3.55. The van der Waals surface area contributed by atoms with Crippen LogP contribution >= 0.6 is 0 Å². The molecule has 176 valence electrons. The second kappa shape index (κ2) is 10.4. The first-order valence-electron chi connectivity index (χ1n) is 11.4. The summed E-state index contributed by atoms with van der Waals surface area (Å²) in [7, 11) is 0. The van der Waals surface area contributed by atoms with Gasteiger partial charge in [0, 0.05) is 54.8 Å². The maximum absolute atomic E-state index is 11.2. The fourth-order valence-corrected chi connectivity index (χ4v) is 3.90. The number of carbonyl (C=O) groups is 1. The van der Waals surface area contributed by atoms with Gasteiger partial charge in [-0.05, 0) is 42.0 Å². The van der Waals surface area contributed by atoms with Crippen LogP contribution in [0.3, 0.4) is 0 Å². The molecule has 1 aliphatic rings. The number of nitrogens with zero attached hydrogens (tertiary/aromatic N) is 4. The molecule has 8 nitrogen and oxygen atoms in total. The van der Waals surface area contributed by atoms with E-state index in [9.17, 15) is 9.90 Å². The highest BCUT2D eigenvalue weighted by Crippen LogP contribution is 2.21. The monoisotopic (exact) mass is 468 g/mol. The molecule has 1 fully saturated rings. The van der Waals surface area contributed by atoms with Gasteiger partial charge in [0.2, 0.25) is 5.82 Å². The minimum atomic E-state index is -1.08. The zero-order valence-corrected chi connectivity index (χ0v) is 19.1. The minimum absolute atomic E-state index is 0.0378. The molecule has 0 saturated carbocycles. The topological polar surface area (TPSA) is 93.6 Å². The largest absolute Gasteiger partial charge is 0.475 e. The Kier molecular flexibility index (Phi) is 6.70. The van der Waals surface area contributed by atoms with Gasteiger partial charge < -0.3 is 18.9 Å².